The van der Waals surface area contributed by atoms with Crippen molar-refractivity contribution in [3.63, 3.8) is 0 Å². The molecule has 1 N–H and O–H groups in total. The lowest BCUT2D eigenvalue weighted by Gasteiger charge is -2.08. The molecule has 28 heavy (non-hydrogen) atoms. The Labute approximate surface area is 161 Å². The molecule has 0 aliphatic rings. The zero-order chi connectivity index (χ0) is 19.7. The number of esters is 1. The van der Waals surface area contributed by atoms with Gasteiger partial charge in [-0.3, -0.25) is 4.72 Å². The molecule has 4 rings (SSSR count). The van der Waals surface area contributed by atoms with Gasteiger partial charge in [-0.15, -0.1) is 0 Å². The maximum atomic E-state index is 12.5. The summed E-state index contributed by atoms with van der Waals surface area (Å²) in [4.78, 5) is 11.5. The molecule has 0 aliphatic heterocycles. The van der Waals surface area contributed by atoms with E-state index >= 15 is 0 Å². The van der Waals surface area contributed by atoms with E-state index in [2.05, 4.69) is 9.46 Å². The summed E-state index contributed by atoms with van der Waals surface area (Å²) in [6, 6.07) is 19.1. The van der Waals surface area contributed by atoms with E-state index in [1.54, 1.807) is 24.3 Å². The van der Waals surface area contributed by atoms with Crippen LogP contribution in [0.5, 0.6) is 0 Å². The Morgan fingerprint density at radius 3 is 2.43 bits per heavy atom. The third-order valence-electron chi connectivity index (χ3n) is 4.38. The quantitative estimate of drug-likeness (QED) is 0.509. The van der Waals surface area contributed by atoms with Crippen LogP contribution in [0, 0.1) is 0 Å². The van der Waals surface area contributed by atoms with E-state index in [0.29, 0.717) is 22.4 Å². The van der Waals surface area contributed by atoms with Crippen molar-refractivity contribution in [2.45, 2.75) is 5.75 Å². The summed E-state index contributed by atoms with van der Waals surface area (Å²) >= 11 is 0. The van der Waals surface area contributed by atoms with Gasteiger partial charge in [0.25, 0.3) is 0 Å². The number of para-hydroxylation sites is 1. The van der Waals surface area contributed by atoms with Crippen LogP contribution in [0.2, 0.25) is 0 Å². The minimum atomic E-state index is -3.63. The fraction of sp³-hybridized carbons (Fsp3) is 0.0952. The lowest BCUT2D eigenvalue weighted by Crippen LogP contribution is -2.15. The van der Waals surface area contributed by atoms with Crippen molar-refractivity contribution in [1.29, 1.82) is 0 Å². The predicted molar refractivity (Wildman–Crippen MR) is 108 cm³/mol. The van der Waals surface area contributed by atoms with Gasteiger partial charge < -0.3 is 9.15 Å². The molecule has 7 heteroatoms. The number of nitrogens with one attached hydrogen (secondary N) is 1. The maximum absolute atomic E-state index is 12.5. The molecule has 4 aromatic rings. The fourth-order valence-electron chi connectivity index (χ4n) is 3.08. The zero-order valence-electron chi connectivity index (χ0n) is 15.0. The van der Waals surface area contributed by atoms with Gasteiger partial charge in [0.15, 0.2) is 0 Å². The van der Waals surface area contributed by atoms with Gasteiger partial charge in [-0.05, 0) is 35.9 Å². The van der Waals surface area contributed by atoms with Gasteiger partial charge >= 0.3 is 5.97 Å². The molecule has 0 amide bonds. The third kappa shape index (κ3) is 3.57. The second-order valence-corrected chi connectivity index (χ2v) is 8.08. The second-order valence-electron chi connectivity index (χ2n) is 6.36. The van der Waals surface area contributed by atoms with E-state index in [1.807, 2.05) is 30.3 Å². The Bertz CT molecular complexity index is 1270. The summed E-state index contributed by atoms with van der Waals surface area (Å²) in [7, 11) is -2.34. The highest BCUT2D eigenvalue weighted by Gasteiger charge is 2.14. The Morgan fingerprint density at radius 2 is 1.68 bits per heavy atom. The molecule has 0 saturated heterocycles. The molecule has 0 fully saturated rings. The van der Waals surface area contributed by atoms with E-state index in [-0.39, 0.29) is 5.75 Å². The summed E-state index contributed by atoms with van der Waals surface area (Å²) in [5.74, 6) is -0.682. The SMILES string of the molecule is COC(=O)c1ccc(CS(=O)(=O)Nc2ccc3c(c2)oc2ccccc23)cc1. The number of carbonyl (C=O) groups excluding carboxylic acids is 1. The van der Waals surface area contributed by atoms with Crippen molar-refractivity contribution in [2.24, 2.45) is 0 Å². The van der Waals surface area contributed by atoms with Gasteiger partial charge in [-0.25, -0.2) is 13.2 Å². The Hall–Kier alpha value is -3.32. The zero-order valence-corrected chi connectivity index (χ0v) is 15.8. The number of hydrogen-bond acceptors (Lipinski definition) is 5. The van der Waals surface area contributed by atoms with E-state index in [1.165, 1.54) is 19.2 Å². The molecule has 0 atom stereocenters. The van der Waals surface area contributed by atoms with Crippen molar-refractivity contribution in [3.05, 3.63) is 77.9 Å². The number of sulfonamides is 1. The smallest absolute Gasteiger partial charge is 0.337 e. The van der Waals surface area contributed by atoms with Crippen LogP contribution >= 0.6 is 0 Å². The highest BCUT2D eigenvalue weighted by atomic mass is 32.2. The van der Waals surface area contributed by atoms with Crippen LogP contribution in [0.3, 0.4) is 0 Å². The molecule has 0 radical (unpaired) electrons. The summed E-state index contributed by atoms with van der Waals surface area (Å²) in [6.07, 6.45) is 0. The molecule has 0 spiro atoms. The van der Waals surface area contributed by atoms with Crippen molar-refractivity contribution < 1.29 is 22.4 Å². The monoisotopic (exact) mass is 395 g/mol. The largest absolute Gasteiger partial charge is 0.465 e. The molecular weight excluding hydrogens is 378 g/mol. The lowest BCUT2D eigenvalue weighted by molar-refractivity contribution is 0.0600. The molecule has 0 aliphatic carbocycles. The second kappa shape index (κ2) is 7.01. The molecule has 0 bridgehead atoms. The van der Waals surface area contributed by atoms with Crippen LogP contribution in [-0.4, -0.2) is 21.5 Å². The lowest BCUT2D eigenvalue weighted by atomic mass is 10.1. The van der Waals surface area contributed by atoms with Crippen LogP contribution in [0.4, 0.5) is 5.69 Å². The topological polar surface area (TPSA) is 85.6 Å². The van der Waals surface area contributed by atoms with Crippen molar-refractivity contribution in [3.8, 4) is 0 Å². The van der Waals surface area contributed by atoms with Crippen LogP contribution < -0.4 is 4.72 Å². The number of rotatable bonds is 5. The standard InChI is InChI=1S/C21H17NO5S/c1-26-21(23)15-8-6-14(7-9-15)13-28(24,25)22-16-10-11-18-17-4-2-3-5-19(17)27-20(18)12-16/h2-12,22H,13H2,1H3. The number of fused-ring (bicyclic) bond motifs is 3. The average molecular weight is 395 g/mol. The van der Waals surface area contributed by atoms with Gasteiger partial charge in [-0.1, -0.05) is 30.3 Å². The number of carbonyl (C=O) groups is 1. The first kappa shape index (κ1) is 18.1. The Kier molecular flexibility index (Phi) is 4.52. The molecule has 1 aromatic heterocycles. The molecule has 1 heterocycles. The number of ether oxygens (including phenoxy) is 1. The van der Waals surface area contributed by atoms with Crippen LogP contribution in [0.1, 0.15) is 15.9 Å². The number of hydrogen-bond donors (Lipinski definition) is 1. The first-order chi connectivity index (χ1) is 13.4. The highest BCUT2D eigenvalue weighted by molar-refractivity contribution is 7.91. The minimum Gasteiger partial charge on any atom is -0.465 e. The first-order valence-electron chi connectivity index (χ1n) is 8.54. The molecular formula is C21H17NO5S. The van der Waals surface area contributed by atoms with Crippen LogP contribution in [0.25, 0.3) is 21.9 Å². The summed E-state index contributed by atoms with van der Waals surface area (Å²) in [5, 5.41) is 1.91. The van der Waals surface area contributed by atoms with Crippen LogP contribution in [-0.2, 0) is 20.5 Å². The van der Waals surface area contributed by atoms with Crippen molar-refractivity contribution in [1.82, 2.24) is 0 Å². The normalized spacial score (nSPS) is 11.6. The summed E-state index contributed by atoms with van der Waals surface area (Å²) < 4.78 is 38.0. The molecule has 0 saturated carbocycles. The highest BCUT2D eigenvalue weighted by Crippen LogP contribution is 2.30. The number of furan rings is 1. The maximum Gasteiger partial charge on any atom is 0.337 e. The Balaban J connectivity index is 1.55. The number of methoxy groups -OCH3 is 1. The van der Waals surface area contributed by atoms with Gasteiger partial charge in [0.2, 0.25) is 10.0 Å². The molecule has 3 aromatic carbocycles. The van der Waals surface area contributed by atoms with Gasteiger partial charge in [0.05, 0.1) is 24.1 Å². The first-order valence-corrected chi connectivity index (χ1v) is 10.2. The van der Waals surface area contributed by atoms with Crippen LogP contribution in [0.15, 0.2) is 71.1 Å². The van der Waals surface area contributed by atoms with Crippen molar-refractivity contribution in [2.75, 3.05) is 11.8 Å². The van der Waals surface area contributed by atoms with Gasteiger partial charge in [-0.2, -0.15) is 0 Å². The number of benzene rings is 3. The van der Waals surface area contributed by atoms with Crippen molar-refractivity contribution >= 4 is 43.6 Å². The summed E-state index contributed by atoms with van der Waals surface area (Å²) in [6.45, 7) is 0. The van der Waals surface area contributed by atoms with Gasteiger partial charge in [0, 0.05) is 16.8 Å². The predicted octanol–water partition coefficient (Wildman–Crippen LogP) is 4.31. The van der Waals surface area contributed by atoms with E-state index in [4.69, 9.17) is 4.42 Å². The summed E-state index contributed by atoms with van der Waals surface area (Å²) in [5.41, 5.74) is 2.72. The van der Waals surface area contributed by atoms with E-state index in [0.717, 1.165) is 16.4 Å². The third-order valence-corrected chi connectivity index (χ3v) is 5.64. The molecule has 6 nitrogen and oxygen atoms in total. The average Bonchev–Trinajstić information content (AvgIpc) is 3.05. The molecule has 0 unspecified atom stereocenters. The minimum absolute atomic E-state index is 0.216. The van der Waals surface area contributed by atoms with E-state index < -0.39 is 16.0 Å². The van der Waals surface area contributed by atoms with E-state index in [9.17, 15) is 13.2 Å². The number of anilines is 1. The fourth-order valence-corrected chi connectivity index (χ4v) is 4.27. The molecule has 142 valence electrons. The van der Waals surface area contributed by atoms with Gasteiger partial charge in [0.1, 0.15) is 11.2 Å². The Morgan fingerprint density at radius 1 is 0.964 bits per heavy atom.